The fourth-order valence-electron chi connectivity index (χ4n) is 2.47. The maximum atomic E-state index is 11.6. The average molecular weight is 328 g/mol. The van der Waals surface area contributed by atoms with E-state index in [1.807, 2.05) is 19.1 Å². The number of hydrogen-bond donors (Lipinski definition) is 0. The van der Waals surface area contributed by atoms with E-state index in [1.165, 1.54) is 12.7 Å². The van der Waals surface area contributed by atoms with E-state index in [0.29, 0.717) is 6.54 Å². The van der Waals surface area contributed by atoms with Crippen molar-refractivity contribution in [3.63, 3.8) is 0 Å². The molecule has 0 aliphatic carbocycles. The fourth-order valence-corrected chi connectivity index (χ4v) is 3.04. The van der Waals surface area contributed by atoms with Gasteiger partial charge in [0.1, 0.15) is 11.8 Å². The third kappa shape index (κ3) is 2.77. The summed E-state index contributed by atoms with van der Waals surface area (Å²) in [5, 5.41) is 0. The van der Waals surface area contributed by atoms with Gasteiger partial charge in [0.05, 0.1) is 14.2 Å². The molecule has 0 saturated carbocycles. The Hall–Kier alpha value is -1.07. The predicted molar refractivity (Wildman–Crippen MR) is 76.3 cm³/mol. The molecule has 0 aromatic heterocycles. The summed E-state index contributed by atoms with van der Waals surface area (Å²) in [5.74, 6) is 0.678. The second kappa shape index (κ2) is 5.92. The summed E-state index contributed by atoms with van der Waals surface area (Å²) in [6, 6.07) is 3.73. The van der Waals surface area contributed by atoms with Crippen LogP contribution in [0.25, 0.3) is 0 Å². The van der Waals surface area contributed by atoms with Gasteiger partial charge in [0.2, 0.25) is 0 Å². The van der Waals surface area contributed by atoms with Gasteiger partial charge in [-0.05, 0) is 31.0 Å². The van der Waals surface area contributed by atoms with Crippen molar-refractivity contribution >= 4 is 21.9 Å². The van der Waals surface area contributed by atoms with E-state index in [2.05, 4.69) is 20.8 Å². The second-order valence-corrected chi connectivity index (χ2v) is 5.48. The zero-order chi connectivity index (χ0) is 14.0. The Labute approximate surface area is 121 Å². The molecule has 1 aromatic rings. The van der Waals surface area contributed by atoms with E-state index in [9.17, 15) is 4.79 Å². The number of fused-ring (bicyclic) bond motifs is 1. The number of methoxy groups -OCH3 is 2. The lowest BCUT2D eigenvalue weighted by atomic mass is 9.97. The highest BCUT2D eigenvalue weighted by molar-refractivity contribution is 9.10. The maximum Gasteiger partial charge on any atom is 0.322 e. The number of rotatable bonds is 3. The van der Waals surface area contributed by atoms with Crippen LogP contribution in [-0.4, -0.2) is 37.7 Å². The topological polar surface area (TPSA) is 38.8 Å². The van der Waals surface area contributed by atoms with Crippen molar-refractivity contribution in [3.8, 4) is 5.75 Å². The number of hydrogen-bond acceptors (Lipinski definition) is 4. The molecule has 1 aromatic carbocycles. The van der Waals surface area contributed by atoms with Gasteiger partial charge in [0.25, 0.3) is 0 Å². The molecule has 0 amide bonds. The first kappa shape index (κ1) is 14.3. The van der Waals surface area contributed by atoms with Crippen molar-refractivity contribution in [3.05, 3.63) is 27.7 Å². The van der Waals surface area contributed by atoms with E-state index < -0.39 is 0 Å². The van der Waals surface area contributed by atoms with Gasteiger partial charge in [-0.2, -0.15) is 0 Å². The first-order valence-corrected chi connectivity index (χ1v) is 7.04. The Morgan fingerprint density at radius 2 is 2.11 bits per heavy atom. The molecule has 19 heavy (non-hydrogen) atoms. The molecule has 0 fully saturated rings. The van der Waals surface area contributed by atoms with Crippen LogP contribution in [0.5, 0.6) is 5.75 Å². The van der Waals surface area contributed by atoms with E-state index in [4.69, 9.17) is 9.47 Å². The van der Waals surface area contributed by atoms with Crippen molar-refractivity contribution in [2.45, 2.75) is 25.9 Å². The molecule has 0 saturated heterocycles. The lowest BCUT2D eigenvalue weighted by Gasteiger charge is -2.33. The third-order valence-electron chi connectivity index (χ3n) is 3.65. The Bertz CT molecular complexity index is 490. The summed E-state index contributed by atoms with van der Waals surface area (Å²) in [7, 11) is 3.10. The molecule has 0 spiro atoms. The van der Waals surface area contributed by atoms with E-state index >= 15 is 0 Å². The molecule has 104 valence electrons. The zero-order valence-electron chi connectivity index (χ0n) is 11.4. The Kier molecular flexibility index (Phi) is 4.47. The number of benzene rings is 1. The molecule has 0 radical (unpaired) electrons. The van der Waals surface area contributed by atoms with Gasteiger partial charge < -0.3 is 9.47 Å². The van der Waals surface area contributed by atoms with Crippen LogP contribution in [0.4, 0.5) is 0 Å². The lowest BCUT2D eigenvalue weighted by Crippen LogP contribution is -2.42. The molecule has 0 N–H and O–H groups in total. The predicted octanol–water partition coefficient (Wildman–Crippen LogP) is 2.38. The zero-order valence-corrected chi connectivity index (χ0v) is 13.0. The molecule has 4 nitrogen and oxygen atoms in total. The number of nitrogens with zero attached hydrogens (tertiary/aromatic N) is 1. The van der Waals surface area contributed by atoms with Crippen molar-refractivity contribution in [1.82, 2.24) is 4.90 Å². The monoisotopic (exact) mass is 327 g/mol. The lowest BCUT2D eigenvalue weighted by molar-refractivity contribution is -0.146. The molecule has 1 aliphatic heterocycles. The molecule has 1 unspecified atom stereocenters. The van der Waals surface area contributed by atoms with Crippen LogP contribution in [0.15, 0.2) is 16.6 Å². The quantitative estimate of drug-likeness (QED) is 0.799. The summed E-state index contributed by atoms with van der Waals surface area (Å²) in [6.45, 7) is 3.42. The minimum atomic E-state index is -0.234. The summed E-state index contributed by atoms with van der Waals surface area (Å²) in [6.07, 6.45) is 0.897. The highest BCUT2D eigenvalue weighted by Crippen LogP contribution is 2.34. The van der Waals surface area contributed by atoms with Crippen molar-refractivity contribution in [2.24, 2.45) is 0 Å². The number of esters is 1. The third-order valence-corrected chi connectivity index (χ3v) is 4.39. The van der Waals surface area contributed by atoms with Crippen LogP contribution in [0.1, 0.15) is 18.1 Å². The number of carbonyl (C=O) groups excluding carboxylic acids is 1. The van der Waals surface area contributed by atoms with Gasteiger partial charge in [-0.1, -0.05) is 15.9 Å². The molecule has 1 aliphatic rings. The van der Waals surface area contributed by atoms with E-state index in [-0.39, 0.29) is 12.0 Å². The summed E-state index contributed by atoms with van der Waals surface area (Å²) >= 11 is 3.58. The van der Waals surface area contributed by atoms with E-state index in [1.54, 1.807) is 7.11 Å². The van der Waals surface area contributed by atoms with E-state index in [0.717, 1.165) is 28.8 Å². The molecule has 2 rings (SSSR count). The first-order chi connectivity index (χ1) is 9.08. The molecule has 5 heteroatoms. The SMILES string of the molecule is COC(=O)C(C)N1CCc2c(Br)ccc(OC)c2C1. The van der Waals surface area contributed by atoms with Crippen LogP contribution in [0.2, 0.25) is 0 Å². The largest absolute Gasteiger partial charge is 0.496 e. The highest BCUT2D eigenvalue weighted by atomic mass is 79.9. The Morgan fingerprint density at radius 3 is 2.74 bits per heavy atom. The highest BCUT2D eigenvalue weighted by Gasteiger charge is 2.28. The van der Waals surface area contributed by atoms with Gasteiger partial charge in [-0.15, -0.1) is 0 Å². The average Bonchev–Trinajstić information content (AvgIpc) is 2.45. The summed E-state index contributed by atoms with van der Waals surface area (Å²) in [5.41, 5.74) is 2.42. The minimum absolute atomic E-state index is 0.197. The van der Waals surface area contributed by atoms with Gasteiger partial charge in [0.15, 0.2) is 0 Å². The first-order valence-electron chi connectivity index (χ1n) is 6.24. The molecular formula is C14H18BrNO3. The fraction of sp³-hybridized carbons (Fsp3) is 0.500. The Balaban J connectivity index is 2.28. The van der Waals surface area contributed by atoms with Gasteiger partial charge in [0, 0.05) is 23.1 Å². The summed E-state index contributed by atoms with van der Waals surface area (Å²) in [4.78, 5) is 13.8. The molecule has 1 atom stereocenters. The standard InChI is InChI=1S/C14H18BrNO3/c1-9(14(17)19-3)16-7-6-10-11(8-16)13(18-2)5-4-12(10)15/h4-5,9H,6-8H2,1-3H3. The molecule has 1 heterocycles. The van der Waals surface area contributed by atoms with Crippen molar-refractivity contribution in [2.75, 3.05) is 20.8 Å². The minimum Gasteiger partial charge on any atom is -0.496 e. The van der Waals surface area contributed by atoms with Crippen LogP contribution < -0.4 is 4.74 Å². The number of carbonyl (C=O) groups is 1. The summed E-state index contributed by atoms with van der Waals surface area (Å²) < 4.78 is 11.3. The number of halogens is 1. The van der Waals surface area contributed by atoms with Crippen molar-refractivity contribution < 1.29 is 14.3 Å². The normalized spacial score (nSPS) is 16.6. The molecular weight excluding hydrogens is 310 g/mol. The maximum absolute atomic E-state index is 11.6. The van der Waals surface area contributed by atoms with Gasteiger partial charge in [-0.25, -0.2) is 0 Å². The van der Waals surface area contributed by atoms with Crippen LogP contribution in [0, 0.1) is 0 Å². The van der Waals surface area contributed by atoms with Crippen molar-refractivity contribution in [1.29, 1.82) is 0 Å². The van der Waals surface area contributed by atoms with Gasteiger partial charge in [-0.3, -0.25) is 9.69 Å². The smallest absolute Gasteiger partial charge is 0.322 e. The van der Waals surface area contributed by atoms with Crippen LogP contribution in [-0.2, 0) is 22.5 Å². The van der Waals surface area contributed by atoms with Gasteiger partial charge >= 0.3 is 5.97 Å². The second-order valence-electron chi connectivity index (χ2n) is 4.63. The Morgan fingerprint density at radius 1 is 1.37 bits per heavy atom. The van der Waals surface area contributed by atoms with Crippen LogP contribution in [0.3, 0.4) is 0 Å². The molecule has 0 bridgehead atoms. The van der Waals surface area contributed by atoms with Crippen LogP contribution >= 0.6 is 15.9 Å². The number of ether oxygens (including phenoxy) is 2.